The number of urea groups is 2. The fourth-order valence-electron chi connectivity index (χ4n) is 2.61. The number of hydrogen-bond donors (Lipinski definition) is 1. The molecule has 4 amide bonds. The lowest BCUT2D eigenvalue weighted by atomic mass is 10.2. The van der Waals surface area contributed by atoms with E-state index >= 15 is 0 Å². The molecule has 1 N–H and O–H groups in total. The normalized spacial score (nSPS) is 14.3. The van der Waals surface area contributed by atoms with Gasteiger partial charge in [0, 0.05) is 52.4 Å². The molecule has 0 bridgehead atoms. The third kappa shape index (κ3) is 4.53. The number of amides is 4. The van der Waals surface area contributed by atoms with Crippen LogP contribution in [0, 0.1) is 0 Å². The summed E-state index contributed by atoms with van der Waals surface area (Å²) in [5.74, 6) is 0.793. The molecule has 132 valence electrons. The number of nitrogens with one attached hydrogen (secondary N) is 1. The van der Waals surface area contributed by atoms with Gasteiger partial charge in [0.25, 0.3) is 0 Å². The van der Waals surface area contributed by atoms with E-state index in [0.29, 0.717) is 39.3 Å². The van der Waals surface area contributed by atoms with Gasteiger partial charge in [0.05, 0.1) is 6.61 Å². The molecule has 1 aliphatic rings. The van der Waals surface area contributed by atoms with Crippen molar-refractivity contribution in [3.63, 3.8) is 0 Å². The molecule has 1 saturated heterocycles. The molecule has 0 saturated carbocycles. The Kier molecular flexibility index (Phi) is 6.28. The molecule has 0 atom stereocenters. The molecule has 1 aromatic carbocycles. The van der Waals surface area contributed by atoms with Crippen molar-refractivity contribution in [2.45, 2.75) is 13.5 Å². The summed E-state index contributed by atoms with van der Waals surface area (Å²) in [7, 11) is 3.47. The van der Waals surface area contributed by atoms with Crippen LogP contribution in [0.5, 0.6) is 5.75 Å². The van der Waals surface area contributed by atoms with E-state index in [2.05, 4.69) is 5.32 Å². The van der Waals surface area contributed by atoms with Crippen molar-refractivity contribution in [3.05, 3.63) is 29.8 Å². The van der Waals surface area contributed by atoms with Gasteiger partial charge < -0.3 is 24.8 Å². The Balaban J connectivity index is 1.83. The fourth-order valence-corrected chi connectivity index (χ4v) is 2.61. The third-order valence-electron chi connectivity index (χ3n) is 3.92. The van der Waals surface area contributed by atoms with Crippen molar-refractivity contribution in [1.82, 2.24) is 20.0 Å². The first kappa shape index (κ1) is 17.9. The number of rotatable bonds is 4. The first-order valence-corrected chi connectivity index (χ1v) is 8.22. The van der Waals surface area contributed by atoms with Crippen molar-refractivity contribution in [3.8, 4) is 5.75 Å². The van der Waals surface area contributed by atoms with E-state index in [9.17, 15) is 9.59 Å². The summed E-state index contributed by atoms with van der Waals surface area (Å²) in [6.45, 7) is 5.14. The van der Waals surface area contributed by atoms with Gasteiger partial charge in [0.1, 0.15) is 5.75 Å². The second-order valence-electron chi connectivity index (χ2n) is 5.85. The van der Waals surface area contributed by atoms with E-state index in [4.69, 9.17) is 4.74 Å². The SMILES string of the molecule is CCOc1ccccc1CNC(=O)N1CCN(C(=O)N(C)C)CC1. The van der Waals surface area contributed by atoms with Crippen LogP contribution in [0.15, 0.2) is 24.3 Å². The Hall–Kier alpha value is -2.44. The highest BCUT2D eigenvalue weighted by atomic mass is 16.5. The van der Waals surface area contributed by atoms with Crippen LogP contribution in [-0.4, -0.2) is 73.6 Å². The number of hydrogen-bond acceptors (Lipinski definition) is 3. The number of nitrogens with zero attached hydrogens (tertiary/aromatic N) is 3. The van der Waals surface area contributed by atoms with Crippen LogP contribution in [0.25, 0.3) is 0 Å². The van der Waals surface area contributed by atoms with Crippen LogP contribution >= 0.6 is 0 Å². The lowest BCUT2D eigenvalue weighted by molar-refractivity contribution is 0.128. The molecule has 0 spiro atoms. The Bertz CT molecular complexity index is 569. The molecule has 0 radical (unpaired) electrons. The summed E-state index contributed by atoms with van der Waals surface area (Å²) in [6.07, 6.45) is 0. The molecule has 2 rings (SSSR count). The van der Waals surface area contributed by atoms with Crippen LogP contribution in [0.1, 0.15) is 12.5 Å². The maximum Gasteiger partial charge on any atom is 0.319 e. The molecule has 0 unspecified atom stereocenters. The van der Waals surface area contributed by atoms with E-state index in [0.717, 1.165) is 11.3 Å². The number of benzene rings is 1. The van der Waals surface area contributed by atoms with Crippen molar-refractivity contribution in [2.75, 3.05) is 46.9 Å². The van der Waals surface area contributed by atoms with Gasteiger partial charge in [0.2, 0.25) is 0 Å². The number of carbonyl (C=O) groups excluding carboxylic acids is 2. The predicted molar refractivity (Wildman–Crippen MR) is 92.1 cm³/mol. The molecular formula is C17H26N4O3. The second kappa shape index (κ2) is 8.42. The van der Waals surface area contributed by atoms with Crippen molar-refractivity contribution in [1.29, 1.82) is 0 Å². The van der Waals surface area contributed by atoms with Crippen LogP contribution in [0.4, 0.5) is 9.59 Å². The van der Waals surface area contributed by atoms with Crippen LogP contribution in [0.2, 0.25) is 0 Å². The van der Waals surface area contributed by atoms with Gasteiger partial charge in [-0.1, -0.05) is 18.2 Å². The topological polar surface area (TPSA) is 65.1 Å². The highest BCUT2D eigenvalue weighted by Gasteiger charge is 2.24. The lowest BCUT2D eigenvalue weighted by Gasteiger charge is -2.35. The third-order valence-corrected chi connectivity index (χ3v) is 3.92. The van der Waals surface area contributed by atoms with Crippen LogP contribution in [-0.2, 0) is 6.54 Å². The Morgan fingerprint density at radius 3 is 2.38 bits per heavy atom. The summed E-state index contributed by atoms with van der Waals surface area (Å²) in [6, 6.07) is 7.56. The Morgan fingerprint density at radius 1 is 1.12 bits per heavy atom. The Labute approximate surface area is 143 Å². The first-order valence-electron chi connectivity index (χ1n) is 8.22. The summed E-state index contributed by atoms with van der Waals surface area (Å²) < 4.78 is 5.56. The summed E-state index contributed by atoms with van der Waals surface area (Å²) in [5, 5.41) is 2.93. The zero-order chi connectivity index (χ0) is 17.5. The van der Waals surface area contributed by atoms with Gasteiger partial charge in [-0.2, -0.15) is 0 Å². The summed E-state index contributed by atoms with van der Waals surface area (Å²) >= 11 is 0. The average molecular weight is 334 g/mol. The maximum atomic E-state index is 12.3. The highest BCUT2D eigenvalue weighted by Crippen LogP contribution is 2.17. The molecule has 1 aliphatic heterocycles. The van der Waals surface area contributed by atoms with Gasteiger partial charge in [-0.25, -0.2) is 9.59 Å². The van der Waals surface area contributed by atoms with E-state index < -0.39 is 0 Å². The van der Waals surface area contributed by atoms with Gasteiger partial charge in [0.15, 0.2) is 0 Å². The molecule has 7 heteroatoms. The van der Waals surface area contributed by atoms with Crippen molar-refractivity contribution < 1.29 is 14.3 Å². The van der Waals surface area contributed by atoms with Crippen LogP contribution < -0.4 is 10.1 Å². The zero-order valence-electron chi connectivity index (χ0n) is 14.6. The molecule has 0 aromatic heterocycles. The molecule has 24 heavy (non-hydrogen) atoms. The van der Waals surface area contributed by atoms with Gasteiger partial charge >= 0.3 is 12.1 Å². The standard InChI is InChI=1S/C17H26N4O3/c1-4-24-15-8-6-5-7-14(15)13-18-16(22)20-9-11-21(12-10-20)17(23)19(2)3/h5-8H,4,9-13H2,1-3H3,(H,18,22). The Morgan fingerprint density at radius 2 is 1.75 bits per heavy atom. The molecular weight excluding hydrogens is 308 g/mol. The summed E-state index contributed by atoms with van der Waals surface area (Å²) in [4.78, 5) is 29.3. The van der Waals surface area contributed by atoms with E-state index in [1.165, 1.54) is 0 Å². The smallest absolute Gasteiger partial charge is 0.319 e. The van der Waals surface area contributed by atoms with Gasteiger partial charge in [-0.3, -0.25) is 0 Å². The molecule has 1 heterocycles. The number of piperazine rings is 1. The van der Waals surface area contributed by atoms with Crippen molar-refractivity contribution >= 4 is 12.1 Å². The molecule has 1 fully saturated rings. The van der Waals surface area contributed by atoms with Gasteiger partial charge in [-0.05, 0) is 13.0 Å². The summed E-state index contributed by atoms with van der Waals surface area (Å²) in [5.41, 5.74) is 0.953. The second-order valence-corrected chi connectivity index (χ2v) is 5.85. The molecule has 7 nitrogen and oxygen atoms in total. The number of ether oxygens (including phenoxy) is 1. The van der Waals surface area contributed by atoms with Gasteiger partial charge in [-0.15, -0.1) is 0 Å². The zero-order valence-corrected chi connectivity index (χ0v) is 14.6. The fraction of sp³-hybridized carbons (Fsp3) is 0.529. The largest absolute Gasteiger partial charge is 0.494 e. The van der Waals surface area contributed by atoms with E-state index in [1.54, 1.807) is 28.8 Å². The minimum Gasteiger partial charge on any atom is -0.494 e. The van der Waals surface area contributed by atoms with E-state index in [-0.39, 0.29) is 12.1 Å². The minimum absolute atomic E-state index is 0.0132. The molecule has 1 aromatic rings. The lowest BCUT2D eigenvalue weighted by Crippen LogP contribution is -2.54. The number of para-hydroxylation sites is 1. The average Bonchev–Trinajstić information content (AvgIpc) is 2.60. The van der Waals surface area contributed by atoms with Crippen LogP contribution in [0.3, 0.4) is 0 Å². The quantitative estimate of drug-likeness (QED) is 0.909. The molecule has 0 aliphatic carbocycles. The first-order chi connectivity index (χ1) is 11.5. The van der Waals surface area contributed by atoms with Crippen molar-refractivity contribution in [2.24, 2.45) is 0 Å². The maximum absolute atomic E-state index is 12.3. The van der Waals surface area contributed by atoms with E-state index in [1.807, 2.05) is 31.2 Å². The minimum atomic E-state index is -0.113. The highest BCUT2D eigenvalue weighted by molar-refractivity contribution is 5.76. The monoisotopic (exact) mass is 334 g/mol. The predicted octanol–water partition coefficient (Wildman–Crippen LogP) is 1.59. The number of carbonyl (C=O) groups is 2.